The highest BCUT2D eigenvalue weighted by molar-refractivity contribution is 6.00. The zero-order valence-corrected chi connectivity index (χ0v) is 14.6. The van der Waals surface area contributed by atoms with Gasteiger partial charge >= 0.3 is 12.0 Å². The van der Waals surface area contributed by atoms with Crippen molar-refractivity contribution < 1.29 is 19.1 Å². The van der Waals surface area contributed by atoms with Crippen molar-refractivity contribution in [2.45, 2.75) is 13.0 Å². The number of ether oxygens (including phenoxy) is 1. The van der Waals surface area contributed by atoms with Crippen LogP contribution < -0.4 is 16.0 Å². The van der Waals surface area contributed by atoms with Crippen molar-refractivity contribution in [1.82, 2.24) is 10.6 Å². The maximum Gasteiger partial charge on any atom is 0.341 e. The molecule has 0 radical (unpaired) electrons. The van der Waals surface area contributed by atoms with Crippen LogP contribution in [0.1, 0.15) is 28.9 Å². The number of para-hydroxylation sites is 1. The van der Waals surface area contributed by atoms with Gasteiger partial charge in [-0.15, -0.1) is 0 Å². The largest absolute Gasteiger partial charge is 0.444 e. The van der Waals surface area contributed by atoms with Crippen molar-refractivity contribution >= 4 is 23.6 Å². The minimum absolute atomic E-state index is 0.293. The molecule has 3 N–H and O–H groups in total. The molecule has 0 aliphatic heterocycles. The maximum atomic E-state index is 12.6. The Bertz CT molecular complexity index is 777. The van der Waals surface area contributed by atoms with Crippen LogP contribution in [0.3, 0.4) is 0 Å². The van der Waals surface area contributed by atoms with E-state index in [9.17, 15) is 14.4 Å². The minimum atomic E-state index is -1.25. The van der Waals surface area contributed by atoms with E-state index in [4.69, 9.17) is 4.74 Å². The van der Waals surface area contributed by atoms with Gasteiger partial charge in [0.1, 0.15) is 0 Å². The number of carbonyl (C=O) groups is 3. The molecular formula is C19H21N3O4. The highest BCUT2D eigenvalue weighted by atomic mass is 16.5. The van der Waals surface area contributed by atoms with Crippen molar-refractivity contribution in [2.24, 2.45) is 0 Å². The monoisotopic (exact) mass is 355 g/mol. The average molecular weight is 355 g/mol. The topological polar surface area (TPSA) is 96.5 Å². The maximum absolute atomic E-state index is 12.6. The van der Waals surface area contributed by atoms with Crippen molar-refractivity contribution in [3.8, 4) is 0 Å². The van der Waals surface area contributed by atoms with Gasteiger partial charge in [0.25, 0.3) is 5.91 Å². The predicted molar refractivity (Wildman–Crippen MR) is 97.8 cm³/mol. The zero-order chi connectivity index (χ0) is 18.9. The van der Waals surface area contributed by atoms with Crippen LogP contribution in [0.15, 0.2) is 54.6 Å². The van der Waals surface area contributed by atoms with Crippen molar-refractivity contribution in [2.75, 3.05) is 18.9 Å². The van der Waals surface area contributed by atoms with Crippen molar-refractivity contribution in [3.63, 3.8) is 0 Å². The number of urea groups is 1. The second-order valence-corrected chi connectivity index (χ2v) is 5.34. The number of amides is 3. The Labute approximate surface area is 151 Å². The number of rotatable bonds is 6. The molecule has 0 bridgehead atoms. The van der Waals surface area contributed by atoms with Gasteiger partial charge in [0.05, 0.1) is 5.56 Å². The molecule has 2 aromatic carbocycles. The number of benzene rings is 2. The van der Waals surface area contributed by atoms with Crippen molar-refractivity contribution in [3.05, 3.63) is 65.7 Å². The number of nitrogens with one attached hydrogen (secondary N) is 3. The molecule has 0 saturated carbocycles. The van der Waals surface area contributed by atoms with E-state index in [2.05, 4.69) is 16.0 Å². The second kappa shape index (κ2) is 9.22. The fraction of sp³-hybridized carbons (Fsp3) is 0.211. The number of carbonyl (C=O) groups excluding carboxylic acids is 3. The summed E-state index contributed by atoms with van der Waals surface area (Å²) in [6.07, 6.45) is -1.25. The molecule has 1 atom stereocenters. The average Bonchev–Trinajstić information content (AvgIpc) is 2.66. The molecule has 0 aromatic heterocycles. The van der Waals surface area contributed by atoms with Crippen LogP contribution in [-0.2, 0) is 9.53 Å². The Morgan fingerprint density at radius 3 is 2.31 bits per heavy atom. The van der Waals surface area contributed by atoms with Crippen molar-refractivity contribution in [1.29, 1.82) is 0 Å². The summed E-state index contributed by atoms with van der Waals surface area (Å²) in [6, 6.07) is 14.7. The molecule has 3 amide bonds. The van der Waals surface area contributed by atoms with Crippen LogP contribution in [0.4, 0.5) is 10.5 Å². The first-order chi connectivity index (χ1) is 12.6. The summed E-state index contributed by atoms with van der Waals surface area (Å²) in [4.78, 5) is 36.7. The van der Waals surface area contributed by atoms with E-state index in [1.165, 1.54) is 0 Å². The normalized spacial score (nSPS) is 11.2. The first-order valence-corrected chi connectivity index (χ1v) is 8.18. The van der Waals surface area contributed by atoms with Crippen LogP contribution in [0.2, 0.25) is 0 Å². The molecule has 7 heteroatoms. The molecule has 7 nitrogen and oxygen atoms in total. The Kier molecular flexibility index (Phi) is 6.73. The van der Waals surface area contributed by atoms with Gasteiger partial charge in [-0.1, -0.05) is 42.5 Å². The highest BCUT2D eigenvalue weighted by Crippen LogP contribution is 2.22. The van der Waals surface area contributed by atoms with E-state index in [0.717, 1.165) is 0 Å². The minimum Gasteiger partial charge on any atom is -0.444 e. The zero-order valence-electron chi connectivity index (χ0n) is 14.6. The van der Waals surface area contributed by atoms with Gasteiger partial charge in [0.15, 0.2) is 0 Å². The summed E-state index contributed by atoms with van der Waals surface area (Å²) in [5.41, 5.74) is 1.33. The van der Waals surface area contributed by atoms with E-state index in [0.29, 0.717) is 23.4 Å². The summed E-state index contributed by atoms with van der Waals surface area (Å²) in [6.45, 7) is 2.10. The fourth-order valence-corrected chi connectivity index (χ4v) is 2.33. The molecule has 2 aromatic rings. The third kappa shape index (κ3) is 4.83. The summed E-state index contributed by atoms with van der Waals surface area (Å²) >= 11 is 0. The summed E-state index contributed by atoms with van der Waals surface area (Å²) in [5, 5.41) is 7.55. The van der Waals surface area contributed by atoms with Gasteiger partial charge < -0.3 is 15.4 Å². The molecular weight excluding hydrogens is 334 g/mol. The lowest BCUT2D eigenvalue weighted by molar-refractivity contribution is -0.129. The van der Waals surface area contributed by atoms with Gasteiger partial charge in [-0.3, -0.25) is 10.1 Å². The lowest BCUT2D eigenvalue weighted by Gasteiger charge is -2.18. The van der Waals surface area contributed by atoms with Gasteiger partial charge in [0.2, 0.25) is 6.10 Å². The van der Waals surface area contributed by atoms with Crippen LogP contribution in [-0.4, -0.2) is 31.5 Å². The molecule has 0 unspecified atom stereocenters. The number of anilines is 1. The number of imide groups is 1. The second-order valence-electron chi connectivity index (χ2n) is 5.34. The van der Waals surface area contributed by atoms with Gasteiger partial charge in [0, 0.05) is 24.8 Å². The predicted octanol–water partition coefficient (Wildman–Crippen LogP) is 2.47. The number of esters is 1. The lowest BCUT2D eigenvalue weighted by atomic mass is 10.1. The third-order valence-electron chi connectivity index (χ3n) is 3.56. The van der Waals surface area contributed by atoms with E-state index < -0.39 is 24.0 Å². The smallest absolute Gasteiger partial charge is 0.341 e. The summed E-state index contributed by atoms with van der Waals surface area (Å²) in [5.74, 6) is -1.40. The molecule has 0 aliphatic carbocycles. The Balaban J connectivity index is 2.25. The van der Waals surface area contributed by atoms with E-state index in [1.54, 1.807) is 68.6 Å². The fourth-order valence-electron chi connectivity index (χ4n) is 2.33. The van der Waals surface area contributed by atoms with E-state index in [-0.39, 0.29) is 0 Å². The number of hydrogen-bond donors (Lipinski definition) is 3. The highest BCUT2D eigenvalue weighted by Gasteiger charge is 2.27. The Morgan fingerprint density at radius 2 is 1.65 bits per heavy atom. The quantitative estimate of drug-likeness (QED) is 0.692. The molecule has 2 rings (SSSR count). The third-order valence-corrected chi connectivity index (χ3v) is 3.56. The first kappa shape index (κ1) is 19.0. The van der Waals surface area contributed by atoms with Crippen LogP contribution in [0.5, 0.6) is 0 Å². The Morgan fingerprint density at radius 1 is 1.00 bits per heavy atom. The molecule has 0 aliphatic rings. The molecule has 0 heterocycles. The Hall–Kier alpha value is -3.35. The van der Waals surface area contributed by atoms with Gasteiger partial charge in [-0.2, -0.15) is 0 Å². The first-order valence-electron chi connectivity index (χ1n) is 8.18. The molecule has 0 spiro atoms. The summed E-state index contributed by atoms with van der Waals surface area (Å²) in [7, 11) is 1.68. The van der Waals surface area contributed by atoms with Crippen LogP contribution in [0, 0.1) is 0 Å². The number of hydrogen-bond acceptors (Lipinski definition) is 5. The molecule has 136 valence electrons. The van der Waals surface area contributed by atoms with E-state index >= 15 is 0 Å². The standard InChI is InChI=1S/C19H21N3O4/c1-3-21-19(25)22-17(23)16(13-9-5-4-6-10-13)26-18(24)14-11-7-8-12-15(14)20-2/h4-12,16,20H,3H2,1-2H3,(H2,21,22,23,25)/t16-/m0/s1. The molecule has 0 saturated heterocycles. The lowest BCUT2D eigenvalue weighted by Crippen LogP contribution is -2.42. The van der Waals surface area contributed by atoms with Gasteiger partial charge in [-0.25, -0.2) is 9.59 Å². The summed E-state index contributed by atoms with van der Waals surface area (Å²) < 4.78 is 5.43. The molecule has 26 heavy (non-hydrogen) atoms. The van der Waals surface area contributed by atoms with Crippen LogP contribution >= 0.6 is 0 Å². The molecule has 0 fully saturated rings. The van der Waals surface area contributed by atoms with Crippen LogP contribution in [0.25, 0.3) is 0 Å². The van der Waals surface area contributed by atoms with E-state index in [1.807, 2.05) is 0 Å². The SMILES string of the molecule is CCNC(=O)NC(=O)[C@@H](OC(=O)c1ccccc1NC)c1ccccc1. The van der Waals surface area contributed by atoms with Gasteiger partial charge in [-0.05, 0) is 19.1 Å².